The van der Waals surface area contributed by atoms with Gasteiger partial charge < -0.3 is 10.1 Å². The summed E-state index contributed by atoms with van der Waals surface area (Å²) in [7, 11) is 0. The Bertz CT molecular complexity index is 572. The van der Waals surface area contributed by atoms with Crippen molar-refractivity contribution in [2.75, 3.05) is 13.1 Å². The minimum absolute atomic E-state index is 0.284. The normalized spacial score (nSPS) is 16.9. The Balaban J connectivity index is 1.63. The maximum atomic E-state index is 10.6. The molecule has 3 rings (SSSR count). The van der Waals surface area contributed by atoms with Gasteiger partial charge in [-0.1, -0.05) is 0 Å². The molecule has 1 aliphatic heterocycles. The van der Waals surface area contributed by atoms with Crippen LogP contribution in [-0.2, 0) is 11.3 Å². The number of aliphatic carboxylic acids is 1. The number of nitrogens with one attached hydrogen (secondary N) is 1. The Labute approximate surface area is 104 Å². The smallest absolute Gasteiger partial charge is 0.303 e. The summed E-state index contributed by atoms with van der Waals surface area (Å²) >= 11 is 0. The zero-order valence-electron chi connectivity index (χ0n) is 9.97. The number of carboxylic acid groups (broad SMARTS) is 1. The van der Waals surface area contributed by atoms with Crippen LogP contribution in [0.25, 0.3) is 11.0 Å². The van der Waals surface area contributed by atoms with Crippen LogP contribution in [0.15, 0.2) is 24.5 Å². The topological polar surface area (TPSA) is 69.2 Å². The van der Waals surface area contributed by atoms with E-state index in [0.717, 1.165) is 30.7 Å². The third-order valence-electron chi connectivity index (χ3n) is 3.43. The van der Waals surface area contributed by atoms with E-state index in [9.17, 15) is 4.79 Å². The molecule has 3 heterocycles. The van der Waals surface area contributed by atoms with Gasteiger partial charge in [0.2, 0.25) is 0 Å². The number of carbonyl (C=O) groups is 1. The van der Waals surface area contributed by atoms with Crippen molar-refractivity contribution in [3.05, 3.63) is 30.1 Å². The molecular formula is C13H15N3O2. The number of aromatic amines is 1. The summed E-state index contributed by atoms with van der Waals surface area (Å²) in [5.74, 6) is -0.387. The van der Waals surface area contributed by atoms with Gasteiger partial charge >= 0.3 is 5.97 Å². The SMILES string of the molecule is O=C(O)CC1CN(Cc2c[nH]c3ncccc23)C1. The van der Waals surface area contributed by atoms with E-state index in [0.29, 0.717) is 5.92 Å². The van der Waals surface area contributed by atoms with Crippen molar-refractivity contribution < 1.29 is 9.90 Å². The summed E-state index contributed by atoms with van der Waals surface area (Å²) < 4.78 is 0. The number of nitrogens with zero attached hydrogens (tertiary/aromatic N) is 2. The fourth-order valence-electron chi connectivity index (χ4n) is 2.57. The van der Waals surface area contributed by atoms with Crippen LogP contribution in [0.4, 0.5) is 0 Å². The lowest BCUT2D eigenvalue weighted by atomic mass is 9.96. The van der Waals surface area contributed by atoms with Gasteiger partial charge in [0, 0.05) is 37.4 Å². The van der Waals surface area contributed by atoms with E-state index in [4.69, 9.17) is 5.11 Å². The highest BCUT2D eigenvalue weighted by Gasteiger charge is 2.28. The summed E-state index contributed by atoms with van der Waals surface area (Å²) in [6.45, 7) is 2.61. The number of rotatable bonds is 4. The largest absolute Gasteiger partial charge is 0.481 e. The van der Waals surface area contributed by atoms with Gasteiger partial charge in [-0.25, -0.2) is 4.98 Å². The number of hydrogen-bond donors (Lipinski definition) is 2. The van der Waals surface area contributed by atoms with Gasteiger partial charge in [0.1, 0.15) is 5.65 Å². The second-order valence-electron chi connectivity index (χ2n) is 4.87. The van der Waals surface area contributed by atoms with Crippen LogP contribution < -0.4 is 0 Å². The number of carboxylic acids is 1. The number of H-pyrrole nitrogens is 1. The van der Waals surface area contributed by atoms with Gasteiger partial charge in [0.05, 0.1) is 6.42 Å². The maximum Gasteiger partial charge on any atom is 0.303 e. The molecule has 2 aromatic heterocycles. The Morgan fingerprint density at radius 1 is 1.56 bits per heavy atom. The van der Waals surface area contributed by atoms with Crippen molar-refractivity contribution in [1.29, 1.82) is 0 Å². The van der Waals surface area contributed by atoms with Gasteiger partial charge in [-0.05, 0) is 23.6 Å². The summed E-state index contributed by atoms with van der Waals surface area (Å²) in [6.07, 6.45) is 4.04. The lowest BCUT2D eigenvalue weighted by Crippen LogP contribution is -2.46. The first kappa shape index (κ1) is 11.2. The highest BCUT2D eigenvalue weighted by atomic mass is 16.4. The molecular weight excluding hydrogens is 230 g/mol. The van der Waals surface area contributed by atoms with Crippen LogP contribution in [0.2, 0.25) is 0 Å². The Kier molecular flexibility index (Phi) is 2.76. The second kappa shape index (κ2) is 4.42. The van der Waals surface area contributed by atoms with E-state index in [2.05, 4.69) is 20.9 Å². The minimum atomic E-state index is -0.698. The summed E-state index contributed by atoms with van der Waals surface area (Å²) in [5, 5.41) is 9.85. The van der Waals surface area contributed by atoms with Crippen LogP contribution >= 0.6 is 0 Å². The first-order valence-corrected chi connectivity index (χ1v) is 6.07. The van der Waals surface area contributed by atoms with E-state index in [-0.39, 0.29) is 6.42 Å². The molecule has 18 heavy (non-hydrogen) atoms. The van der Waals surface area contributed by atoms with Crippen molar-refractivity contribution >= 4 is 17.0 Å². The van der Waals surface area contributed by atoms with E-state index >= 15 is 0 Å². The number of fused-ring (bicyclic) bond motifs is 1. The Hall–Kier alpha value is -1.88. The molecule has 0 bridgehead atoms. The average Bonchev–Trinajstić information content (AvgIpc) is 2.69. The van der Waals surface area contributed by atoms with Crippen LogP contribution in [0, 0.1) is 5.92 Å². The maximum absolute atomic E-state index is 10.6. The fourth-order valence-corrected chi connectivity index (χ4v) is 2.57. The lowest BCUT2D eigenvalue weighted by Gasteiger charge is -2.38. The second-order valence-corrected chi connectivity index (χ2v) is 4.87. The lowest BCUT2D eigenvalue weighted by molar-refractivity contribution is -0.139. The van der Waals surface area contributed by atoms with Gasteiger partial charge in [0.25, 0.3) is 0 Å². The van der Waals surface area contributed by atoms with Gasteiger partial charge in [-0.15, -0.1) is 0 Å². The molecule has 0 saturated carbocycles. The standard InChI is InChI=1S/C13H15N3O2/c17-12(18)4-9-6-16(7-9)8-10-5-15-13-11(10)2-1-3-14-13/h1-3,5,9H,4,6-8H2,(H,14,15)(H,17,18). The van der Waals surface area contributed by atoms with Crippen LogP contribution in [0.1, 0.15) is 12.0 Å². The van der Waals surface area contributed by atoms with E-state index in [1.807, 2.05) is 12.3 Å². The highest BCUT2D eigenvalue weighted by molar-refractivity contribution is 5.79. The van der Waals surface area contributed by atoms with Crippen LogP contribution in [0.5, 0.6) is 0 Å². The van der Waals surface area contributed by atoms with Crippen molar-refractivity contribution in [3.8, 4) is 0 Å². The molecule has 1 aliphatic rings. The third kappa shape index (κ3) is 2.09. The number of pyridine rings is 1. The molecule has 1 fully saturated rings. The van der Waals surface area contributed by atoms with Gasteiger partial charge in [0.15, 0.2) is 0 Å². The van der Waals surface area contributed by atoms with Gasteiger partial charge in [-0.3, -0.25) is 9.69 Å². The summed E-state index contributed by atoms with van der Waals surface area (Å²) in [5.41, 5.74) is 2.14. The molecule has 5 nitrogen and oxygen atoms in total. The number of likely N-dealkylation sites (tertiary alicyclic amines) is 1. The Morgan fingerprint density at radius 2 is 2.39 bits per heavy atom. The predicted molar refractivity (Wildman–Crippen MR) is 67.1 cm³/mol. The van der Waals surface area contributed by atoms with Crippen molar-refractivity contribution in [2.45, 2.75) is 13.0 Å². The molecule has 0 aromatic carbocycles. The zero-order valence-corrected chi connectivity index (χ0v) is 9.97. The number of hydrogen-bond acceptors (Lipinski definition) is 3. The zero-order chi connectivity index (χ0) is 12.5. The molecule has 2 aromatic rings. The predicted octanol–water partition coefficient (Wildman–Crippen LogP) is 1.47. The molecule has 0 radical (unpaired) electrons. The summed E-state index contributed by atoms with van der Waals surface area (Å²) in [6, 6.07) is 3.99. The minimum Gasteiger partial charge on any atom is -0.481 e. The highest BCUT2D eigenvalue weighted by Crippen LogP contribution is 2.24. The van der Waals surface area contributed by atoms with Crippen molar-refractivity contribution in [1.82, 2.24) is 14.9 Å². The van der Waals surface area contributed by atoms with Gasteiger partial charge in [-0.2, -0.15) is 0 Å². The van der Waals surface area contributed by atoms with E-state index < -0.39 is 5.97 Å². The van der Waals surface area contributed by atoms with E-state index in [1.165, 1.54) is 5.56 Å². The third-order valence-corrected chi connectivity index (χ3v) is 3.43. The first-order chi connectivity index (χ1) is 8.72. The van der Waals surface area contributed by atoms with Crippen molar-refractivity contribution in [2.24, 2.45) is 5.92 Å². The quantitative estimate of drug-likeness (QED) is 0.855. The molecule has 94 valence electrons. The molecule has 0 aliphatic carbocycles. The molecule has 1 saturated heterocycles. The molecule has 0 unspecified atom stereocenters. The average molecular weight is 245 g/mol. The van der Waals surface area contributed by atoms with Crippen LogP contribution in [0.3, 0.4) is 0 Å². The van der Waals surface area contributed by atoms with E-state index in [1.54, 1.807) is 6.20 Å². The molecule has 2 N–H and O–H groups in total. The first-order valence-electron chi connectivity index (χ1n) is 6.07. The fraction of sp³-hybridized carbons (Fsp3) is 0.385. The monoisotopic (exact) mass is 245 g/mol. The molecule has 0 amide bonds. The Morgan fingerprint density at radius 3 is 3.17 bits per heavy atom. The number of aromatic nitrogens is 2. The molecule has 5 heteroatoms. The molecule has 0 atom stereocenters. The summed E-state index contributed by atoms with van der Waals surface area (Å²) in [4.78, 5) is 20.2. The molecule has 0 spiro atoms. The van der Waals surface area contributed by atoms with Crippen molar-refractivity contribution in [3.63, 3.8) is 0 Å². The van der Waals surface area contributed by atoms with Crippen LogP contribution in [-0.4, -0.2) is 39.0 Å².